The summed E-state index contributed by atoms with van der Waals surface area (Å²) in [7, 11) is 0. The highest BCUT2D eigenvalue weighted by Gasteiger charge is 2.14. The number of hydrogen-bond donors (Lipinski definition) is 3. The Kier molecular flexibility index (Phi) is 8.07. The van der Waals surface area contributed by atoms with Crippen molar-refractivity contribution in [2.24, 2.45) is 0 Å². The number of nitrogens with zero attached hydrogens (tertiary/aromatic N) is 1. The molecule has 0 saturated heterocycles. The predicted octanol–water partition coefficient (Wildman–Crippen LogP) is 4.34. The number of halogens is 1. The molecule has 0 bridgehead atoms. The minimum atomic E-state index is -0.658. The molecule has 0 saturated carbocycles. The zero-order valence-electron chi connectivity index (χ0n) is 15.9. The summed E-state index contributed by atoms with van der Waals surface area (Å²) in [5.41, 5.74) is 6.92. The second kappa shape index (κ2) is 10.7. The van der Waals surface area contributed by atoms with E-state index in [1.807, 2.05) is 13.0 Å². The number of anilines is 3. The molecule has 0 unspecified atom stereocenters. The van der Waals surface area contributed by atoms with Crippen LogP contribution in [0.2, 0.25) is 5.02 Å². The van der Waals surface area contributed by atoms with Gasteiger partial charge in [-0.25, -0.2) is 4.79 Å². The fourth-order valence-corrected chi connectivity index (χ4v) is 2.53. The molecule has 0 heterocycles. The van der Waals surface area contributed by atoms with E-state index in [9.17, 15) is 14.9 Å². The number of ether oxygens (including phenoxy) is 1. The quantitative estimate of drug-likeness (QED) is 0.195. The average molecular weight is 413 g/mol. The fraction of sp³-hybridized carbons (Fsp3) is 0.190. The lowest BCUT2D eigenvalue weighted by Crippen LogP contribution is -2.15. The van der Waals surface area contributed by atoms with Gasteiger partial charge in [-0.2, -0.15) is 5.26 Å². The van der Waals surface area contributed by atoms with Gasteiger partial charge in [0.1, 0.15) is 11.6 Å². The number of para-hydroxylation sites is 1. The summed E-state index contributed by atoms with van der Waals surface area (Å²) in [6.45, 7) is 2.33. The summed E-state index contributed by atoms with van der Waals surface area (Å²) in [5.74, 6) is -1.14. The van der Waals surface area contributed by atoms with Gasteiger partial charge in [-0.15, -0.1) is 0 Å². The molecule has 0 aliphatic rings. The van der Waals surface area contributed by atoms with Crippen molar-refractivity contribution in [3.8, 4) is 6.07 Å². The number of amides is 1. The van der Waals surface area contributed by atoms with Crippen molar-refractivity contribution in [3.63, 3.8) is 0 Å². The van der Waals surface area contributed by atoms with Gasteiger partial charge in [0.2, 0.25) is 0 Å². The summed E-state index contributed by atoms with van der Waals surface area (Å²) < 4.78 is 5.22. The van der Waals surface area contributed by atoms with Gasteiger partial charge in [-0.3, -0.25) is 4.79 Å². The van der Waals surface area contributed by atoms with Gasteiger partial charge in [0, 0.05) is 11.9 Å². The molecule has 0 aliphatic carbocycles. The molecule has 2 aromatic rings. The first-order valence-corrected chi connectivity index (χ1v) is 9.33. The molecule has 0 spiro atoms. The average Bonchev–Trinajstić information content (AvgIpc) is 2.71. The van der Waals surface area contributed by atoms with Crippen LogP contribution in [-0.2, 0) is 9.53 Å². The Morgan fingerprint density at radius 2 is 2.00 bits per heavy atom. The van der Waals surface area contributed by atoms with Gasteiger partial charge in [-0.1, -0.05) is 37.1 Å². The number of nitrogen functional groups attached to an aromatic ring is 1. The van der Waals surface area contributed by atoms with Gasteiger partial charge < -0.3 is 21.1 Å². The molecule has 2 aromatic carbocycles. The fourth-order valence-electron chi connectivity index (χ4n) is 2.29. The summed E-state index contributed by atoms with van der Waals surface area (Å²) in [4.78, 5) is 24.6. The first-order valence-electron chi connectivity index (χ1n) is 8.95. The minimum Gasteiger partial charge on any atom is -0.462 e. The molecular formula is C21H21ClN4O3. The second-order valence-electron chi connectivity index (χ2n) is 6.04. The number of carbonyl (C=O) groups excluding carboxylic acids is 2. The van der Waals surface area contributed by atoms with Crippen molar-refractivity contribution in [3.05, 3.63) is 64.8 Å². The minimum absolute atomic E-state index is 0.202. The van der Waals surface area contributed by atoms with E-state index in [2.05, 4.69) is 10.6 Å². The summed E-state index contributed by atoms with van der Waals surface area (Å²) in [5, 5.41) is 15.0. The van der Waals surface area contributed by atoms with Gasteiger partial charge in [-0.05, 0) is 36.8 Å². The number of benzene rings is 2. The van der Waals surface area contributed by atoms with E-state index in [0.29, 0.717) is 29.2 Å². The van der Waals surface area contributed by atoms with Crippen LogP contribution in [0.5, 0.6) is 0 Å². The van der Waals surface area contributed by atoms with Crippen LogP contribution in [0, 0.1) is 11.3 Å². The van der Waals surface area contributed by atoms with Crippen molar-refractivity contribution in [2.75, 3.05) is 23.0 Å². The molecule has 7 nitrogen and oxygen atoms in total. The first kappa shape index (κ1) is 21.8. The Labute approximate surface area is 174 Å². The SMILES string of the molecule is CCCCOC(=O)c1ccccc1N/C=C(/C#N)C(=O)Nc1ccc(N)cc1Cl. The first-order chi connectivity index (χ1) is 14.0. The molecule has 4 N–H and O–H groups in total. The van der Waals surface area contributed by atoms with E-state index in [-0.39, 0.29) is 10.6 Å². The molecular weight excluding hydrogens is 392 g/mol. The summed E-state index contributed by atoms with van der Waals surface area (Å²) in [6.07, 6.45) is 2.90. The maximum Gasteiger partial charge on any atom is 0.340 e. The van der Waals surface area contributed by atoms with Crippen LogP contribution < -0.4 is 16.4 Å². The summed E-state index contributed by atoms with van der Waals surface area (Å²) >= 11 is 6.04. The number of hydrogen-bond acceptors (Lipinski definition) is 6. The third-order valence-corrected chi connectivity index (χ3v) is 4.17. The standard InChI is InChI=1S/C21H21ClN4O3/c1-2-3-10-29-21(28)16-6-4-5-7-18(16)25-13-14(12-23)20(27)26-19-9-8-15(24)11-17(19)22/h4-9,11,13,25H,2-3,10,24H2,1H3,(H,26,27)/b14-13-. The van der Waals surface area contributed by atoms with Crippen molar-refractivity contribution < 1.29 is 14.3 Å². The third-order valence-electron chi connectivity index (χ3n) is 3.86. The molecule has 8 heteroatoms. The Bertz CT molecular complexity index is 967. The van der Waals surface area contributed by atoms with Crippen LogP contribution in [0.3, 0.4) is 0 Å². The lowest BCUT2D eigenvalue weighted by atomic mass is 10.1. The Morgan fingerprint density at radius 1 is 1.24 bits per heavy atom. The number of carbonyl (C=O) groups is 2. The number of esters is 1. The number of unbranched alkanes of at least 4 members (excludes halogenated alkanes) is 1. The van der Waals surface area contributed by atoms with Gasteiger partial charge >= 0.3 is 5.97 Å². The van der Waals surface area contributed by atoms with E-state index in [4.69, 9.17) is 22.1 Å². The van der Waals surface area contributed by atoms with Crippen LogP contribution >= 0.6 is 11.6 Å². The van der Waals surface area contributed by atoms with Crippen LogP contribution in [-0.4, -0.2) is 18.5 Å². The molecule has 0 atom stereocenters. The molecule has 1 amide bonds. The van der Waals surface area contributed by atoms with Crippen molar-refractivity contribution in [2.45, 2.75) is 19.8 Å². The Morgan fingerprint density at radius 3 is 2.69 bits per heavy atom. The number of nitrogens with one attached hydrogen (secondary N) is 2. The number of nitriles is 1. The van der Waals surface area contributed by atoms with Crippen molar-refractivity contribution in [1.29, 1.82) is 5.26 Å². The van der Waals surface area contributed by atoms with E-state index < -0.39 is 11.9 Å². The Hall–Kier alpha value is -3.50. The van der Waals surface area contributed by atoms with Crippen LogP contribution in [0.25, 0.3) is 0 Å². The second-order valence-corrected chi connectivity index (χ2v) is 6.45. The van der Waals surface area contributed by atoms with Gasteiger partial charge in [0.25, 0.3) is 5.91 Å². The van der Waals surface area contributed by atoms with E-state index in [0.717, 1.165) is 12.8 Å². The smallest absolute Gasteiger partial charge is 0.340 e. The summed E-state index contributed by atoms with van der Waals surface area (Å²) in [6, 6.07) is 13.1. The number of rotatable bonds is 8. The lowest BCUT2D eigenvalue weighted by molar-refractivity contribution is -0.112. The highest BCUT2D eigenvalue weighted by atomic mass is 35.5. The molecule has 0 aromatic heterocycles. The monoisotopic (exact) mass is 412 g/mol. The normalized spacial score (nSPS) is 10.7. The molecule has 150 valence electrons. The zero-order valence-corrected chi connectivity index (χ0v) is 16.6. The molecule has 0 radical (unpaired) electrons. The van der Waals surface area contributed by atoms with Gasteiger partial charge in [0.15, 0.2) is 0 Å². The van der Waals surface area contributed by atoms with Crippen LogP contribution in [0.15, 0.2) is 54.2 Å². The van der Waals surface area contributed by atoms with E-state index in [1.54, 1.807) is 36.4 Å². The van der Waals surface area contributed by atoms with Gasteiger partial charge in [0.05, 0.1) is 28.6 Å². The molecule has 0 aliphatic heterocycles. The van der Waals surface area contributed by atoms with Crippen molar-refractivity contribution in [1.82, 2.24) is 0 Å². The lowest BCUT2D eigenvalue weighted by Gasteiger charge is -2.10. The molecule has 0 fully saturated rings. The third kappa shape index (κ3) is 6.26. The Balaban J connectivity index is 2.13. The molecule has 29 heavy (non-hydrogen) atoms. The van der Waals surface area contributed by atoms with E-state index in [1.165, 1.54) is 12.3 Å². The topological polar surface area (TPSA) is 117 Å². The highest BCUT2D eigenvalue weighted by molar-refractivity contribution is 6.34. The molecule has 2 rings (SSSR count). The van der Waals surface area contributed by atoms with Crippen LogP contribution in [0.4, 0.5) is 17.1 Å². The predicted molar refractivity (Wildman–Crippen MR) is 113 cm³/mol. The van der Waals surface area contributed by atoms with Crippen molar-refractivity contribution >= 4 is 40.5 Å². The zero-order chi connectivity index (χ0) is 21.2. The van der Waals surface area contributed by atoms with Crippen LogP contribution in [0.1, 0.15) is 30.1 Å². The highest BCUT2D eigenvalue weighted by Crippen LogP contribution is 2.24. The largest absolute Gasteiger partial charge is 0.462 e. The maximum atomic E-state index is 12.4. The van der Waals surface area contributed by atoms with E-state index >= 15 is 0 Å². The maximum absolute atomic E-state index is 12.4. The number of nitrogens with two attached hydrogens (primary N) is 1.